The molecule has 0 atom stereocenters. The summed E-state index contributed by atoms with van der Waals surface area (Å²) in [5.41, 5.74) is 3.47. The highest BCUT2D eigenvalue weighted by Gasteiger charge is 2.09. The van der Waals surface area contributed by atoms with E-state index in [1.54, 1.807) is 0 Å². The highest BCUT2D eigenvalue weighted by molar-refractivity contribution is 6.05. The summed E-state index contributed by atoms with van der Waals surface area (Å²) in [4.78, 5) is 12.4. The molecule has 1 aromatic heterocycles. The van der Waals surface area contributed by atoms with E-state index in [2.05, 4.69) is 5.32 Å². The number of anilines is 1. The van der Waals surface area contributed by atoms with Gasteiger partial charge in [-0.05, 0) is 43.3 Å². The first-order valence-electron chi connectivity index (χ1n) is 6.84. The van der Waals surface area contributed by atoms with Crippen LogP contribution in [0.15, 0.2) is 73.1 Å². The van der Waals surface area contributed by atoms with Gasteiger partial charge in [0.05, 0.1) is 11.4 Å². The number of hydrogen-bond donors (Lipinski definition) is 1. The Labute approximate surface area is 123 Å². The van der Waals surface area contributed by atoms with E-state index in [0.29, 0.717) is 5.56 Å². The first-order valence-corrected chi connectivity index (χ1v) is 6.84. The van der Waals surface area contributed by atoms with Crippen LogP contribution in [-0.4, -0.2) is 10.5 Å². The van der Waals surface area contributed by atoms with Crippen LogP contribution >= 0.6 is 0 Å². The molecule has 0 saturated carbocycles. The van der Waals surface area contributed by atoms with Gasteiger partial charge in [0.25, 0.3) is 5.91 Å². The second kappa shape index (κ2) is 5.67. The van der Waals surface area contributed by atoms with Gasteiger partial charge < -0.3 is 9.88 Å². The summed E-state index contributed by atoms with van der Waals surface area (Å²) in [6.07, 6.45) is 3.91. The number of nitrogens with zero attached hydrogens (tertiary/aromatic N) is 1. The van der Waals surface area contributed by atoms with E-state index in [9.17, 15) is 4.79 Å². The first-order chi connectivity index (χ1) is 10.2. The number of aromatic nitrogens is 1. The zero-order chi connectivity index (χ0) is 14.7. The topological polar surface area (TPSA) is 34.0 Å². The van der Waals surface area contributed by atoms with Gasteiger partial charge in [-0.1, -0.05) is 29.8 Å². The Balaban J connectivity index is 1.90. The normalized spacial score (nSPS) is 10.3. The lowest BCUT2D eigenvalue weighted by Gasteiger charge is -2.12. The summed E-state index contributed by atoms with van der Waals surface area (Å²) in [6, 6.07) is 19.2. The Hall–Kier alpha value is -2.81. The number of amides is 1. The standard InChI is InChI=1S/C18H16N2O/c1-14-7-6-8-15(13-14)18(21)19-16-9-2-3-10-17(16)20-11-4-5-12-20/h2-13H,1H3,(H,19,21). The maximum atomic E-state index is 12.4. The number of hydrogen-bond acceptors (Lipinski definition) is 1. The number of para-hydroxylation sites is 2. The van der Waals surface area contributed by atoms with Crippen LogP contribution < -0.4 is 5.32 Å². The fraction of sp³-hybridized carbons (Fsp3) is 0.0556. The first kappa shape index (κ1) is 13.2. The van der Waals surface area contributed by atoms with Crippen molar-refractivity contribution < 1.29 is 4.79 Å². The van der Waals surface area contributed by atoms with E-state index in [1.165, 1.54) is 0 Å². The summed E-state index contributed by atoms with van der Waals surface area (Å²) in [6.45, 7) is 1.98. The lowest BCUT2D eigenvalue weighted by Crippen LogP contribution is -2.13. The van der Waals surface area contributed by atoms with E-state index in [-0.39, 0.29) is 5.91 Å². The van der Waals surface area contributed by atoms with Crippen molar-refractivity contribution in [1.82, 2.24) is 4.57 Å². The molecule has 0 aliphatic heterocycles. The van der Waals surface area contributed by atoms with Gasteiger partial charge in [0, 0.05) is 18.0 Å². The molecule has 3 nitrogen and oxygen atoms in total. The number of carbonyl (C=O) groups excluding carboxylic acids is 1. The lowest BCUT2D eigenvalue weighted by molar-refractivity contribution is 0.102. The van der Waals surface area contributed by atoms with Gasteiger partial charge in [-0.15, -0.1) is 0 Å². The van der Waals surface area contributed by atoms with Crippen molar-refractivity contribution in [2.45, 2.75) is 6.92 Å². The van der Waals surface area contributed by atoms with Crippen molar-refractivity contribution in [2.75, 3.05) is 5.32 Å². The zero-order valence-electron chi connectivity index (χ0n) is 11.8. The van der Waals surface area contributed by atoms with Crippen LogP contribution in [0.3, 0.4) is 0 Å². The minimum atomic E-state index is -0.0988. The number of carbonyl (C=O) groups is 1. The molecule has 3 heteroatoms. The lowest BCUT2D eigenvalue weighted by atomic mass is 10.1. The number of aryl methyl sites for hydroxylation is 1. The molecule has 0 radical (unpaired) electrons. The molecule has 104 valence electrons. The quantitative estimate of drug-likeness (QED) is 0.769. The van der Waals surface area contributed by atoms with Crippen LogP contribution in [0.1, 0.15) is 15.9 Å². The van der Waals surface area contributed by atoms with Crippen LogP contribution in [0.2, 0.25) is 0 Å². The maximum absolute atomic E-state index is 12.4. The van der Waals surface area contributed by atoms with E-state index in [0.717, 1.165) is 16.9 Å². The minimum absolute atomic E-state index is 0.0988. The van der Waals surface area contributed by atoms with Crippen molar-refractivity contribution >= 4 is 11.6 Å². The summed E-state index contributed by atoms with van der Waals surface area (Å²) in [5.74, 6) is -0.0988. The number of benzene rings is 2. The second-order valence-corrected chi connectivity index (χ2v) is 4.93. The van der Waals surface area contributed by atoms with Crippen LogP contribution in [0.5, 0.6) is 0 Å². The molecular weight excluding hydrogens is 260 g/mol. The molecular formula is C18H16N2O. The summed E-state index contributed by atoms with van der Waals surface area (Å²) >= 11 is 0. The van der Waals surface area contributed by atoms with Gasteiger partial charge >= 0.3 is 0 Å². The third-order valence-corrected chi connectivity index (χ3v) is 3.32. The Kier molecular flexibility index (Phi) is 3.56. The molecule has 2 aromatic carbocycles. The molecule has 0 saturated heterocycles. The monoisotopic (exact) mass is 276 g/mol. The second-order valence-electron chi connectivity index (χ2n) is 4.93. The largest absolute Gasteiger partial charge is 0.322 e. The fourth-order valence-electron chi connectivity index (χ4n) is 2.28. The average molecular weight is 276 g/mol. The molecule has 1 N–H and O–H groups in total. The minimum Gasteiger partial charge on any atom is -0.322 e. The number of rotatable bonds is 3. The van der Waals surface area contributed by atoms with Crippen LogP contribution in [0.25, 0.3) is 5.69 Å². The molecule has 0 bridgehead atoms. The molecule has 0 fully saturated rings. The van der Waals surface area contributed by atoms with Gasteiger partial charge in [0.15, 0.2) is 0 Å². The Morgan fingerprint density at radius 2 is 1.71 bits per heavy atom. The maximum Gasteiger partial charge on any atom is 0.255 e. The average Bonchev–Trinajstić information content (AvgIpc) is 3.02. The Morgan fingerprint density at radius 3 is 2.48 bits per heavy atom. The summed E-state index contributed by atoms with van der Waals surface area (Å²) < 4.78 is 1.98. The third kappa shape index (κ3) is 2.87. The zero-order valence-corrected chi connectivity index (χ0v) is 11.8. The predicted octanol–water partition coefficient (Wildman–Crippen LogP) is 4.04. The van der Waals surface area contributed by atoms with Crippen molar-refractivity contribution in [3.05, 3.63) is 84.2 Å². The molecule has 3 rings (SSSR count). The van der Waals surface area contributed by atoms with E-state index < -0.39 is 0 Å². The summed E-state index contributed by atoms with van der Waals surface area (Å²) in [7, 11) is 0. The van der Waals surface area contributed by atoms with Crippen molar-refractivity contribution in [3.63, 3.8) is 0 Å². The smallest absolute Gasteiger partial charge is 0.255 e. The molecule has 1 amide bonds. The van der Waals surface area contributed by atoms with Gasteiger partial charge in [-0.3, -0.25) is 4.79 Å². The summed E-state index contributed by atoms with van der Waals surface area (Å²) in [5, 5.41) is 2.98. The third-order valence-electron chi connectivity index (χ3n) is 3.32. The molecule has 21 heavy (non-hydrogen) atoms. The Morgan fingerprint density at radius 1 is 0.952 bits per heavy atom. The predicted molar refractivity (Wildman–Crippen MR) is 84.9 cm³/mol. The van der Waals surface area contributed by atoms with Gasteiger partial charge in [-0.2, -0.15) is 0 Å². The van der Waals surface area contributed by atoms with Crippen LogP contribution in [0, 0.1) is 6.92 Å². The van der Waals surface area contributed by atoms with Gasteiger partial charge in [0.2, 0.25) is 0 Å². The molecule has 0 unspecified atom stereocenters. The highest BCUT2D eigenvalue weighted by Crippen LogP contribution is 2.20. The van der Waals surface area contributed by atoms with Crippen molar-refractivity contribution in [2.24, 2.45) is 0 Å². The molecule has 1 heterocycles. The Bertz CT molecular complexity index is 760. The SMILES string of the molecule is Cc1cccc(C(=O)Nc2ccccc2-n2cccc2)c1. The van der Waals surface area contributed by atoms with E-state index in [4.69, 9.17) is 0 Å². The molecule has 3 aromatic rings. The van der Waals surface area contributed by atoms with Gasteiger partial charge in [-0.25, -0.2) is 0 Å². The highest BCUT2D eigenvalue weighted by atomic mass is 16.1. The fourth-order valence-corrected chi connectivity index (χ4v) is 2.28. The van der Waals surface area contributed by atoms with Gasteiger partial charge in [0.1, 0.15) is 0 Å². The van der Waals surface area contributed by atoms with Crippen molar-refractivity contribution in [1.29, 1.82) is 0 Å². The van der Waals surface area contributed by atoms with E-state index >= 15 is 0 Å². The molecule has 0 spiro atoms. The van der Waals surface area contributed by atoms with E-state index in [1.807, 2.05) is 84.5 Å². The van der Waals surface area contributed by atoms with Crippen LogP contribution in [-0.2, 0) is 0 Å². The molecule has 0 aliphatic rings. The molecule has 0 aliphatic carbocycles. The van der Waals surface area contributed by atoms with Crippen LogP contribution in [0.4, 0.5) is 5.69 Å². The number of nitrogens with one attached hydrogen (secondary N) is 1. The van der Waals surface area contributed by atoms with Crippen molar-refractivity contribution in [3.8, 4) is 5.69 Å².